The van der Waals surface area contributed by atoms with Gasteiger partial charge in [0.1, 0.15) is 0 Å². The fraction of sp³-hybridized carbons (Fsp3) is 0.364. The van der Waals surface area contributed by atoms with Crippen LogP contribution in [-0.4, -0.2) is 30.6 Å². The lowest BCUT2D eigenvalue weighted by Gasteiger charge is -2.29. The SMILES string of the molecule is N#CB1CCN(Cc2ccc(NC(=O)CCc3ccc(Br)cc3)cc2C(F)(F)F)CC1. The summed E-state index contributed by atoms with van der Waals surface area (Å²) in [6, 6.07) is 11.5. The van der Waals surface area contributed by atoms with Gasteiger partial charge in [0.15, 0.2) is 0 Å². The maximum atomic E-state index is 13.7. The van der Waals surface area contributed by atoms with Gasteiger partial charge in [-0.25, -0.2) is 5.26 Å². The Morgan fingerprint density at radius 2 is 1.84 bits per heavy atom. The highest BCUT2D eigenvalue weighted by atomic mass is 79.9. The summed E-state index contributed by atoms with van der Waals surface area (Å²) in [5.74, 6) is 1.89. The lowest BCUT2D eigenvalue weighted by Crippen LogP contribution is -2.36. The third kappa shape index (κ3) is 6.84. The topological polar surface area (TPSA) is 56.1 Å². The zero-order valence-corrected chi connectivity index (χ0v) is 18.5. The number of alkyl halides is 3. The molecule has 2 aromatic rings. The largest absolute Gasteiger partial charge is 0.416 e. The van der Waals surface area contributed by atoms with Gasteiger partial charge in [0.25, 0.3) is 6.71 Å². The molecule has 0 aliphatic carbocycles. The highest BCUT2D eigenvalue weighted by Crippen LogP contribution is 2.35. The molecule has 31 heavy (non-hydrogen) atoms. The van der Waals surface area contributed by atoms with E-state index in [1.54, 1.807) is 0 Å². The van der Waals surface area contributed by atoms with Crippen molar-refractivity contribution >= 4 is 34.2 Å². The standard InChI is InChI=1S/C22H22BBrF3N3O/c24-18-5-1-16(2-6-18)3-8-21(31)29-19-7-4-17(20(13-19)22(25,26)27)14-30-11-9-23(15-28)10-12-30/h1-2,4-7,13H,3,8-12,14H2,(H,29,31). The number of hydrogen-bond donors (Lipinski definition) is 1. The minimum absolute atomic E-state index is 0.0201. The van der Waals surface area contributed by atoms with Gasteiger partial charge in [-0.3, -0.25) is 4.79 Å². The molecular weight excluding hydrogens is 470 g/mol. The van der Waals surface area contributed by atoms with E-state index in [1.165, 1.54) is 12.1 Å². The molecule has 1 saturated heterocycles. The number of carbonyl (C=O) groups excluding carboxylic acids is 1. The monoisotopic (exact) mass is 491 g/mol. The van der Waals surface area contributed by atoms with Crippen LogP contribution in [0.1, 0.15) is 23.1 Å². The van der Waals surface area contributed by atoms with Crippen molar-refractivity contribution in [3.8, 4) is 5.97 Å². The number of amides is 1. The van der Waals surface area contributed by atoms with Crippen molar-refractivity contribution in [1.29, 1.82) is 5.26 Å². The molecule has 1 heterocycles. The molecule has 1 aliphatic heterocycles. The predicted molar refractivity (Wildman–Crippen MR) is 119 cm³/mol. The highest BCUT2D eigenvalue weighted by Gasteiger charge is 2.34. The van der Waals surface area contributed by atoms with Crippen LogP contribution in [0.25, 0.3) is 0 Å². The van der Waals surface area contributed by atoms with Gasteiger partial charge in [0, 0.05) is 29.1 Å². The van der Waals surface area contributed by atoms with Gasteiger partial charge < -0.3 is 10.2 Å². The number of hydrogen-bond acceptors (Lipinski definition) is 3. The lowest BCUT2D eigenvalue weighted by molar-refractivity contribution is -0.138. The Labute approximate surface area is 188 Å². The van der Waals surface area contributed by atoms with E-state index in [4.69, 9.17) is 5.26 Å². The molecular formula is C22H22BBrF3N3O. The van der Waals surface area contributed by atoms with Crippen LogP contribution in [0, 0.1) is 11.2 Å². The summed E-state index contributed by atoms with van der Waals surface area (Å²) in [6.45, 7) is 1.35. The molecule has 0 spiro atoms. The molecule has 162 valence electrons. The summed E-state index contributed by atoms with van der Waals surface area (Å²) in [7, 11) is 0. The molecule has 0 atom stereocenters. The van der Waals surface area contributed by atoms with Crippen LogP contribution in [0.4, 0.5) is 18.9 Å². The predicted octanol–water partition coefficient (Wildman–Crippen LogP) is 5.41. The molecule has 0 bridgehead atoms. The van der Waals surface area contributed by atoms with Crippen molar-refractivity contribution in [2.24, 2.45) is 0 Å². The van der Waals surface area contributed by atoms with E-state index >= 15 is 0 Å². The van der Waals surface area contributed by atoms with Crippen LogP contribution in [-0.2, 0) is 23.9 Å². The van der Waals surface area contributed by atoms with Gasteiger partial charge in [0.05, 0.1) is 5.56 Å². The van der Waals surface area contributed by atoms with Crippen molar-refractivity contribution in [3.63, 3.8) is 0 Å². The third-order valence-electron chi connectivity index (χ3n) is 5.42. The Kier molecular flexibility index (Phi) is 7.79. The average Bonchev–Trinajstić information content (AvgIpc) is 2.74. The smallest absolute Gasteiger partial charge is 0.326 e. The second-order valence-corrected chi connectivity index (χ2v) is 8.64. The number of rotatable bonds is 6. The number of carbonyl (C=O) groups is 1. The Morgan fingerprint density at radius 3 is 2.45 bits per heavy atom. The molecule has 0 radical (unpaired) electrons. The zero-order chi connectivity index (χ0) is 22.4. The molecule has 0 unspecified atom stereocenters. The Bertz CT molecular complexity index is 952. The summed E-state index contributed by atoms with van der Waals surface area (Å²) in [6.07, 6.45) is -2.49. The quantitative estimate of drug-likeness (QED) is 0.549. The van der Waals surface area contributed by atoms with E-state index in [0.29, 0.717) is 32.2 Å². The fourth-order valence-corrected chi connectivity index (χ4v) is 3.91. The maximum Gasteiger partial charge on any atom is 0.416 e. The van der Waals surface area contributed by atoms with Crippen molar-refractivity contribution in [1.82, 2.24) is 4.90 Å². The van der Waals surface area contributed by atoms with E-state index in [-0.39, 0.29) is 36.8 Å². The molecule has 0 saturated carbocycles. The van der Waals surface area contributed by atoms with Crippen molar-refractivity contribution < 1.29 is 18.0 Å². The number of nitriles is 1. The first-order chi connectivity index (χ1) is 14.7. The number of nitrogens with one attached hydrogen (secondary N) is 1. The lowest BCUT2D eigenvalue weighted by atomic mass is 9.45. The molecule has 3 rings (SSSR count). The van der Waals surface area contributed by atoms with Gasteiger partial charge >= 0.3 is 6.18 Å². The van der Waals surface area contributed by atoms with Crippen molar-refractivity contribution in [2.75, 3.05) is 18.4 Å². The summed E-state index contributed by atoms with van der Waals surface area (Å²) >= 11 is 3.35. The van der Waals surface area contributed by atoms with Gasteiger partial charge in [-0.05, 0) is 67.5 Å². The van der Waals surface area contributed by atoms with Crippen LogP contribution in [0.15, 0.2) is 46.9 Å². The first-order valence-corrected chi connectivity index (χ1v) is 10.9. The maximum absolute atomic E-state index is 13.7. The number of anilines is 1. The summed E-state index contributed by atoms with van der Waals surface area (Å²) in [4.78, 5) is 14.2. The molecule has 1 N–H and O–H groups in total. The Hall–Kier alpha value is -2.31. The number of aryl methyl sites for hydroxylation is 1. The first-order valence-electron chi connectivity index (χ1n) is 10.1. The number of halogens is 4. The Balaban J connectivity index is 1.64. The fourth-order valence-electron chi connectivity index (χ4n) is 3.65. The first kappa shape index (κ1) is 23.4. The summed E-state index contributed by atoms with van der Waals surface area (Å²) < 4.78 is 41.9. The minimum Gasteiger partial charge on any atom is -0.326 e. The molecule has 1 amide bonds. The van der Waals surface area contributed by atoms with Crippen LogP contribution in [0.2, 0.25) is 12.6 Å². The van der Waals surface area contributed by atoms with Gasteiger partial charge in [-0.1, -0.05) is 34.1 Å². The molecule has 9 heteroatoms. The van der Waals surface area contributed by atoms with Gasteiger partial charge in [0.2, 0.25) is 5.91 Å². The van der Waals surface area contributed by atoms with Gasteiger partial charge in [-0.2, -0.15) is 13.2 Å². The summed E-state index contributed by atoms with van der Waals surface area (Å²) in [5, 5.41) is 11.6. The second kappa shape index (κ2) is 10.3. The van der Waals surface area contributed by atoms with Crippen molar-refractivity contribution in [2.45, 2.75) is 38.2 Å². The van der Waals surface area contributed by atoms with Crippen LogP contribution < -0.4 is 5.32 Å². The average molecular weight is 492 g/mol. The molecule has 2 aromatic carbocycles. The molecule has 1 aliphatic rings. The zero-order valence-electron chi connectivity index (χ0n) is 16.9. The molecule has 4 nitrogen and oxygen atoms in total. The van der Waals surface area contributed by atoms with Crippen molar-refractivity contribution in [3.05, 3.63) is 63.6 Å². The normalized spacial score (nSPS) is 14.9. The van der Waals surface area contributed by atoms with E-state index in [1.807, 2.05) is 29.2 Å². The van der Waals surface area contributed by atoms with Crippen LogP contribution >= 0.6 is 15.9 Å². The molecule has 1 fully saturated rings. The number of nitrogens with zero attached hydrogens (tertiary/aromatic N) is 2. The number of benzene rings is 2. The van der Waals surface area contributed by atoms with E-state index in [2.05, 4.69) is 27.2 Å². The van der Waals surface area contributed by atoms with Crippen LogP contribution in [0.5, 0.6) is 0 Å². The van der Waals surface area contributed by atoms with E-state index in [0.717, 1.165) is 16.1 Å². The Morgan fingerprint density at radius 1 is 1.16 bits per heavy atom. The minimum atomic E-state index is -4.52. The van der Waals surface area contributed by atoms with E-state index in [9.17, 15) is 18.0 Å². The van der Waals surface area contributed by atoms with Gasteiger partial charge in [-0.15, -0.1) is 0 Å². The third-order valence-corrected chi connectivity index (χ3v) is 5.95. The second-order valence-electron chi connectivity index (χ2n) is 7.72. The highest BCUT2D eigenvalue weighted by molar-refractivity contribution is 9.10. The molecule has 0 aromatic heterocycles. The summed E-state index contributed by atoms with van der Waals surface area (Å²) in [5.41, 5.74) is 0.557. The van der Waals surface area contributed by atoms with E-state index < -0.39 is 11.7 Å². The van der Waals surface area contributed by atoms with Crippen LogP contribution in [0.3, 0.4) is 0 Å².